The molecule has 1 aromatic heterocycles. The minimum absolute atomic E-state index is 0.100. The smallest absolute Gasteiger partial charge is 0.430 e. The number of piperidine rings is 1. The van der Waals surface area contributed by atoms with Gasteiger partial charge in [0.15, 0.2) is 0 Å². The molecular weight excluding hydrogens is 499 g/mol. The number of carbonyl (C=O) groups is 2. The van der Waals surface area contributed by atoms with Crippen molar-refractivity contribution in [1.82, 2.24) is 14.8 Å². The fraction of sp³-hybridized carbons (Fsp3) is 0.536. The van der Waals surface area contributed by atoms with Crippen molar-refractivity contribution in [2.24, 2.45) is 5.92 Å². The van der Waals surface area contributed by atoms with Gasteiger partial charge in [0.2, 0.25) is 5.88 Å². The number of pyridine rings is 1. The van der Waals surface area contributed by atoms with E-state index < -0.39 is 23.2 Å². The molecule has 7 nitrogen and oxygen atoms in total. The summed E-state index contributed by atoms with van der Waals surface area (Å²) >= 11 is 0. The lowest BCUT2D eigenvalue weighted by Crippen LogP contribution is -2.57. The fourth-order valence-electron chi connectivity index (χ4n) is 4.72. The Morgan fingerprint density at radius 2 is 1.74 bits per heavy atom. The summed E-state index contributed by atoms with van der Waals surface area (Å²) in [5.41, 5.74) is -2.78. The summed E-state index contributed by atoms with van der Waals surface area (Å²) in [4.78, 5) is 32.2. The van der Waals surface area contributed by atoms with E-state index in [1.807, 2.05) is 6.92 Å². The van der Waals surface area contributed by atoms with Gasteiger partial charge in [-0.05, 0) is 44.1 Å². The molecule has 0 saturated carbocycles. The summed E-state index contributed by atoms with van der Waals surface area (Å²) in [6.45, 7) is 2.74. The Bertz CT molecular complexity index is 1090. The molecule has 208 valence electrons. The lowest BCUT2D eigenvalue weighted by molar-refractivity contribution is -0.262. The van der Waals surface area contributed by atoms with Gasteiger partial charge in [-0.1, -0.05) is 43.7 Å². The number of alkyl halides is 3. The zero-order valence-electron chi connectivity index (χ0n) is 22.1. The number of hydrogen-bond acceptors (Lipinski definition) is 5. The molecule has 0 aliphatic carbocycles. The van der Waals surface area contributed by atoms with Crippen LogP contribution in [0.4, 0.5) is 13.2 Å². The predicted octanol–water partition coefficient (Wildman–Crippen LogP) is 4.58. The van der Waals surface area contributed by atoms with Gasteiger partial charge in [-0.15, -0.1) is 0 Å². The third kappa shape index (κ3) is 6.64. The summed E-state index contributed by atoms with van der Waals surface area (Å²) in [6.07, 6.45) is -0.834. The second-order valence-electron chi connectivity index (χ2n) is 9.85. The fourth-order valence-corrected chi connectivity index (χ4v) is 4.72. The van der Waals surface area contributed by atoms with E-state index in [0.29, 0.717) is 43.0 Å². The molecule has 0 bridgehead atoms. The molecule has 1 atom stereocenters. The summed E-state index contributed by atoms with van der Waals surface area (Å²) in [6, 6.07) is 9.94. The molecule has 38 heavy (non-hydrogen) atoms. The van der Waals surface area contributed by atoms with Crippen molar-refractivity contribution in [1.29, 1.82) is 0 Å². The van der Waals surface area contributed by atoms with Gasteiger partial charge in [-0.25, -0.2) is 4.98 Å². The van der Waals surface area contributed by atoms with Gasteiger partial charge in [0, 0.05) is 38.8 Å². The number of rotatable bonds is 10. The molecule has 1 unspecified atom stereocenters. The number of unbranched alkanes of at least 4 members (excludes halogenated alkanes) is 1. The molecule has 1 saturated heterocycles. The monoisotopic (exact) mass is 535 g/mol. The second-order valence-corrected chi connectivity index (χ2v) is 9.85. The van der Waals surface area contributed by atoms with Crippen LogP contribution in [0.25, 0.3) is 0 Å². The number of likely N-dealkylation sites (tertiary alicyclic amines) is 1. The van der Waals surface area contributed by atoms with Crippen molar-refractivity contribution in [3.8, 4) is 5.88 Å². The van der Waals surface area contributed by atoms with E-state index >= 15 is 0 Å². The molecule has 3 rings (SSSR count). The summed E-state index contributed by atoms with van der Waals surface area (Å²) in [7, 11) is 3.39. The molecule has 1 fully saturated rings. The summed E-state index contributed by atoms with van der Waals surface area (Å²) in [5.74, 6) is -0.660. The Balaban J connectivity index is 1.45. The standard InChI is InChI=1S/C28H36F3N3O4/c1-4-23-22(25(35)33(2)3)13-14-24(32-23)38-19-9-8-10-20-15-17-34(18-16-20)26(36)27(37,28(29,30)31)21-11-6-5-7-12-21/h5-7,11-14,20,37H,4,8-10,15-19H2,1-3H3. The van der Waals surface area contributed by atoms with E-state index in [2.05, 4.69) is 4.98 Å². The maximum absolute atomic E-state index is 13.8. The van der Waals surface area contributed by atoms with Gasteiger partial charge in [0.1, 0.15) is 0 Å². The van der Waals surface area contributed by atoms with Crippen LogP contribution in [0.5, 0.6) is 5.88 Å². The molecule has 1 aliphatic rings. The van der Waals surface area contributed by atoms with Crippen LogP contribution in [0, 0.1) is 5.92 Å². The van der Waals surface area contributed by atoms with Crippen LogP contribution < -0.4 is 4.74 Å². The molecule has 2 amide bonds. The van der Waals surface area contributed by atoms with Crippen LogP contribution in [0.1, 0.15) is 60.6 Å². The Kier molecular flexibility index (Phi) is 9.76. The van der Waals surface area contributed by atoms with E-state index in [-0.39, 0.29) is 24.9 Å². The largest absolute Gasteiger partial charge is 0.478 e. The van der Waals surface area contributed by atoms with Crippen molar-refractivity contribution in [3.63, 3.8) is 0 Å². The lowest BCUT2D eigenvalue weighted by atomic mass is 9.88. The zero-order chi connectivity index (χ0) is 27.9. The Hall–Kier alpha value is -3.14. The number of nitrogens with zero attached hydrogens (tertiary/aromatic N) is 3. The molecule has 1 aliphatic heterocycles. The lowest BCUT2D eigenvalue weighted by Gasteiger charge is -2.38. The second kappa shape index (κ2) is 12.6. The molecule has 2 heterocycles. The molecule has 1 N–H and O–H groups in total. The highest BCUT2D eigenvalue weighted by molar-refractivity contribution is 5.95. The van der Waals surface area contributed by atoms with Gasteiger partial charge in [0.25, 0.3) is 17.4 Å². The first-order valence-electron chi connectivity index (χ1n) is 13.0. The molecule has 0 radical (unpaired) electrons. The average Bonchev–Trinajstić information content (AvgIpc) is 2.91. The van der Waals surface area contributed by atoms with Gasteiger partial charge >= 0.3 is 6.18 Å². The molecule has 1 aromatic carbocycles. The van der Waals surface area contributed by atoms with Crippen molar-refractivity contribution in [2.75, 3.05) is 33.8 Å². The van der Waals surface area contributed by atoms with E-state index in [9.17, 15) is 27.9 Å². The van der Waals surface area contributed by atoms with Crippen LogP contribution >= 0.6 is 0 Å². The van der Waals surface area contributed by atoms with Crippen molar-refractivity contribution >= 4 is 11.8 Å². The average molecular weight is 536 g/mol. The predicted molar refractivity (Wildman–Crippen MR) is 137 cm³/mol. The number of aromatic nitrogens is 1. The maximum atomic E-state index is 13.8. The third-order valence-corrected chi connectivity index (χ3v) is 6.99. The molecule has 10 heteroatoms. The van der Waals surface area contributed by atoms with E-state index in [0.717, 1.165) is 36.3 Å². The number of carbonyl (C=O) groups excluding carboxylic acids is 2. The van der Waals surface area contributed by atoms with Crippen LogP contribution in [-0.4, -0.2) is 71.7 Å². The Morgan fingerprint density at radius 3 is 2.32 bits per heavy atom. The van der Waals surface area contributed by atoms with E-state index in [1.54, 1.807) is 26.2 Å². The van der Waals surface area contributed by atoms with Crippen LogP contribution in [0.15, 0.2) is 42.5 Å². The number of aryl methyl sites for hydroxylation is 1. The van der Waals surface area contributed by atoms with Gasteiger partial charge < -0.3 is 19.6 Å². The minimum atomic E-state index is -5.13. The highest BCUT2D eigenvalue weighted by Gasteiger charge is 2.62. The van der Waals surface area contributed by atoms with Gasteiger partial charge in [0.05, 0.1) is 17.9 Å². The third-order valence-electron chi connectivity index (χ3n) is 6.99. The first kappa shape index (κ1) is 29.4. The van der Waals surface area contributed by atoms with Crippen LogP contribution in [0.2, 0.25) is 0 Å². The van der Waals surface area contributed by atoms with Crippen molar-refractivity contribution < 1.29 is 32.6 Å². The van der Waals surface area contributed by atoms with E-state index in [1.165, 1.54) is 23.1 Å². The minimum Gasteiger partial charge on any atom is -0.478 e. The van der Waals surface area contributed by atoms with Gasteiger partial charge in [-0.2, -0.15) is 13.2 Å². The summed E-state index contributed by atoms with van der Waals surface area (Å²) in [5, 5.41) is 10.5. The number of halogens is 3. The highest BCUT2D eigenvalue weighted by Crippen LogP contribution is 2.41. The first-order chi connectivity index (χ1) is 18.0. The van der Waals surface area contributed by atoms with Crippen LogP contribution in [-0.2, 0) is 16.8 Å². The number of benzene rings is 1. The van der Waals surface area contributed by atoms with Crippen LogP contribution in [0.3, 0.4) is 0 Å². The van der Waals surface area contributed by atoms with Crippen molar-refractivity contribution in [2.45, 2.75) is 57.2 Å². The topological polar surface area (TPSA) is 83.0 Å². The van der Waals surface area contributed by atoms with Gasteiger partial charge in [-0.3, -0.25) is 9.59 Å². The maximum Gasteiger partial charge on any atom is 0.430 e. The molecule has 2 aromatic rings. The molecule has 0 spiro atoms. The quantitative estimate of drug-likeness (QED) is 0.451. The number of hydrogen-bond donors (Lipinski definition) is 1. The number of ether oxygens (including phenoxy) is 1. The first-order valence-corrected chi connectivity index (χ1v) is 13.0. The normalized spacial score (nSPS) is 16.1. The van der Waals surface area contributed by atoms with E-state index in [4.69, 9.17) is 4.74 Å². The summed E-state index contributed by atoms with van der Waals surface area (Å²) < 4.78 is 47.3. The number of amides is 2. The Labute approximate surface area is 221 Å². The SMILES string of the molecule is CCc1nc(OCCCCC2CCN(C(=O)C(O)(c3ccccc3)C(F)(F)F)CC2)ccc1C(=O)N(C)C. The highest BCUT2D eigenvalue weighted by atomic mass is 19.4. The van der Waals surface area contributed by atoms with Crippen molar-refractivity contribution in [3.05, 3.63) is 59.3 Å². The zero-order valence-corrected chi connectivity index (χ0v) is 22.1. The Morgan fingerprint density at radius 1 is 1.08 bits per heavy atom. The molecular formula is C28H36F3N3O4. The number of aliphatic hydroxyl groups is 1.